The summed E-state index contributed by atoms with van der Waals surface area (Å²) in [5.74, 6) is 0.522. The lowest BCUT2D eigenvalue weighted by molar-refractivity contribution is -0.140. The molecule has 5 heteroatoms. The van der Waals surface area contributed by atoms with Crippen molar-refractivity contribution < 1.29 is 18.8 Å². The quantitative estimate of drug-likeness (QED) is 0.721. The largest absolute Gasteiger partial charge is 0.461 e. The van der Waals surface area contributed by atoms with Crippen LogP contribution in [0.5, 0.6) is 0 Å². The summed E-state index contributed by atoms with van der Waals surface area (Å²) in [4.78, 5) is 0. The van der Waals surface area contributed by atoms with Crippen LogP contribution in [0.1, 0.15) is 48.0 Å². The highest BCUT2D eigenvalue weighted by Crippen LogP contribution is 2.56. The van der Waals surface area contributed by atoms with Gasteiger partial charge in [-0.2, -0.15) is 0 Å². The second kappa shape index (κ2) is 3.97. The van der Waals surface area contributed by atoms with Gasteiger partial charge >= 0.3 is 7.12 Å². The van der Waals surface area contributed by atoms with E-state index in [0.717, 1.165) is 6.42 Å². The maximum Gasteiger partial charge on any atom is 0.461 e. The summed E-state index contributed by atoms with van der Waals surface area (Å²) in [6, 6.07) is 0. The topological polar surface area (TPSA) is 36.9 Å². The van der Waals surface area contributed by atoms with Crippen LogP contribution in [0.15, 0.2) is 0 Å². The Labute approximate surface area is 116 Å². The summed E-state index contributed by atoms with van der Waals surface area (Å²) < 4.78 is 23.8. The highest BCUT2D eigenvalue weighted by atomic mass is 16.7. The van der Waals surface area contributed by atoms with Crippen molar-refractivity contribution in [2.75, 3.05) is 6.61 Å². The van der Waals surface area contributed by atoms with Crippen LogP contribution < -0.4 is 0 Å². The molecule has 0 aromatic carbocycles. The van der Waals surface area contributed by atoms with E-state index < -0.39 is 5.79 Å². The highest BCUT2D eigenvalue weighted by molar-refractivity contribution is 6.48. The Balaban J connectivity index is 1.60. The van der Waals surface area contributed by atoms with E-state index in [0.29, 0.717) is 18.3 Å². The summed E-state index contributed by atoms with van der Waals surface area (Å²) in [5, 5.41) is 0. The lowest BCUT2D eigenvalue weighted by atomic mass is 9.80. The summed E-state index contributed by atoms with van der Waals surface area (Å²) in [7, 11) is -0.0951. The first-order chi connectivity index (χ1) is 8.61. The van der Waals surface area contributed by atoms with E-state index in [1.165, 1.54) is 0 Å². The molecule has 0 radical (unpaired) electrons. The van der Waals surface area contributed by atoms with Gasteiger partial charge in [-0.05, 0) is 59.7 Å². The van der Waals surface area contributed by atoms with Gasteiger partial charge in [-0.15, -0.1) is 0 Å². The third-order valence-corrected chi connectivity index (χ3v) is 5.02. The van der Waals surface area contributed by atoms with Gasteiger partial charge in [-0.3, -0.25) is 0 Å². The van der Waals surface area contributed by atoms with E-state index in [-0.39, 0.29) is 24.4 Å². The third kappa shape index (κ3) is 2.35. The Bertz CT molecular complexity index is 364. The zero-order chi connectivity index (χ0) is 14.1. The maximum absolute atomic E-state index is 6.11. The van der Waals surface area contributed by atoms with Crippen molar-refractivity contribution in [1.82, 2.24) is 0 Å². The summed E-state index contributed by atoms with van der Waals surface area (Å²) in [6.07, 6.45) is 1.31. The molecule has 2 heterocycles. The Morgan fingerprint density at radius 2 is 1.53 bits per heavy atom. The molecule has 2 saturated heterocycles. The number of hydrogen-bond acceptors (Lipinski definition) is 4. The minimum absolute atomic E-state index is 0.0951. The van der Waals surface area contributed by atoms with Crippen LogP contribution in [-0.2, 0) is 18.8 Å². The lowest BCUT2D eigenvalue weighted by Gasteiger charge is -2.32. The molecule has 1 aliphatic carbocycles. The molecule has 108 valence electrons. The smallest absolute Gasteiger partial charge is 0.403 e. The second-order valence-electron chi connectivity index (χ2n) is 7.56. The van der Waals surface area contributed by atoms with E-state index in [4.69, 9.17) is 18.8 Å². The fourth-order valence-electron chi connectivity index (χ4n) is 2.97. The summed E-state index contributed by atoms with van der Waals surface area (Å²) >= 11 is 0. The minimum atomic E-state index is -0.437. The van der Waals surface area contributed by atoms with E-state index >= 15 is 0 Å². The molecule has 0 N–H and O–H groups in total. The fourth-order valence-corrected chi connectivity index (χ4v) is 2.97. The van der Waals surface area contributed by atoms with Gasteiger partial charge in [0.1, 0.15) is 0 Å². The van der Waals surface area contributed by atoms with E-state index in [1.54, 1.807) is 0 Å². The Kier molecular flexibility index (Phi) is 2.90. The monoisotopic (exact) mass is 268 g/mol. The number of hydrogen-bond donors (Lipinski definition) is 0. The summed E-state index contributed by atoms with van der Waals surface area (Å²) in [5.41, 5.74) is -0.478. The van der Waals surface area contributed by atoms with E-state index in [9.17, 15) is 0 Å². The zero-order valence-electron chi connectivity index (χ0n) is 12.9. The third-order valence-electron chi connectivity index (χ3n) is 5.02. The molecule has 3 atom stereocenters. The van der Waals surface area contributed by atoms with Gasteiger partial charge in [0.15, 0.2) is 5.79 Å². The molecule has 4 nitrogen and oxygen atoms in total. The first-order valence-electron chi connectivity index (χ1n) is 7.29. The molecule has 19 heavy (non-hydrogen) atoms. The SMILES string of the molecule is CC1(C)OC[C@H]([C@H]2C[C@@H]2B2OC(C)(C)C(C)(C)O2)O1. The van der Waals surface area contributed by atoms with Gasteiger partial charge in [0, 0.05) is 0 Å². The molecule has 0 bridgehead atoms. The number of rotatable bonds is 2. The van der Waals surface area contributed by atoms with Gasteiger partial charge in [-0.25, -0.2) is 0 Å². The highest BCUT2D eigenvalue weighted by Gasteiger charge is 2.62. The van der Waals surface area contributed by atoms with Gasteiger partial charge in [-0.1, -0.05) is 0 Å². The van der Waals surface area contributed by atoms with Crippen LogP contribution in [0.4, 0.5) is 0 Å². The Morgan fingerprint density at radius 3 is 2.00 bits per heavy atom. The van der Waals surface area contributed by atoms with Crippen LogP contribution in [0, 0.1) is 5.92 Å². The van der Waals surface area contributed by atoms with Gasteiger partial charge in [0.05, 0.1) is 23.9 Å². The standard InChI is InChI=1S/C14H25BO4/c1-12(2)13(3,4)19-15(18-12)10-7-9(10)11-8-16-14(5,6)17-11/h9-11H,7-8H2,1-6H3/t9-,10-,11+/m0/s1. The van der Waals surface area contributed by atoms with E-state index in [2.05, 4.69) is 27.7 Å². The molecule has 0 amide bonds. The Morgan fingerprint density at radius 1 is 0.947 bits per heavy atom. The zero-order valence-corrected chi connectivity index (χ0v) is 12.9. The van der Waals surface area contributed by atoms with Crippen molar-refractivity contribution in [1.29, 1.82) is 0 Å². The van der Waals surface area contributed by atoms with Crippen LogP contribution in [0.2, 0.25) is 5.82 Å². The van der Waals surface area contributed by atoms with Crippen LogP contribution in [-0.4, -0.2) is 36.8 Å². The van der Waals surface area contributed by atoms with Crippen molar-refractivity contribution in [2.45, 2.75) is 76.9 Å². The van der Waals surface area contributed by atoms with Crippen LogP contribution in [0.25, 0.3) is 0 Å². The molecule has 1 saturated carbocycles. The van der Waals surface area contributed by atoms with Crippen molar-refractivity contribution in [3.63, 3.8) is 0 Å². The molecule has 0 unspecified atom stereocenters. The first-order valence-corrected chi connectivity index (χ1v) is 7.29. The van der Waals surface area contributed by atoms with Crippen LogP contribution >= 0.6 is 0 Å². The van der Waals surface area contributed by atoms with Crippen LogP contribution in [0.3, 0.4) is 0 Å². The normalized spacial score (nSPS) is 42.6. The number of ether oxygens (including phenoxy) is 2. The molecule has 3 fully saturated rings. The maximum atomic E-state index is 6.11. The molecule has 0 aromatic rings. The fraction of sp³-hybridized carbons (Fsp3) is 1.00. The van der Waals surface area contributed by atoms with Gasteiger partial charge in [0.2, 0.25) is 0 Å². The first kappa shape index (κ1) is 13.9. The van der Waals surface area contributed by atoms with Crippen molar-refractivity contribution in [2.24, 2.45) is 5.92 Å². The minimum Gasteiger partial charge on any atom is -0.403 e. The summed E-state index contributed by atoms with van der Waals surface area (Å²) in [6.45, 7) is 13.0. The molecule has 2 aliphatic heterocycles. The van der Waals surface area contributed by atoms with E-state index in [1.807, 2.05) is 13.8 Å². The van der Waals surface area contributed by atoms with Gasteiger partial charge in [0.25, 0.3) is 0 Å². The predicted octanol–water partition coefficient (Wildman–Crippen LogP) is 2.62. The molecule has 0 spiro atoms. The van der Waals surface area contributed by atoms with Crippen molar-refractivity contribution in [3.8, 4) is 0 Å². The molecule has 3 aliphatic rings. The lowest BCUT2D eigenvalue weighted by Crippen LogP contribution is -2.41. The predicted molar refractivity (Wildman–Crippen MR) is 72.8 cm³/mol. The molecule has 3 rings (SSSR count). The Hall–Kier alpha value is -0.0951. The molecular weight excluding hydrogens is 243 g/mol. The average Bonchev–Trinajstić information content (AvgIpc) is 2.90. The van der Waals surface area contributed by atoms with Crippen molar-refractivity contribution in [3.05, 3.63) is 0 Å². The average molecular weight is 268 g/mol. The molecule has 0 aromatic heterocycles. The second-order valence-corrected chi connectivity index (χ2v) is 7.56. The van der Waals surface area contributed by atoms with Gasteiger partial charge < -0.3 is 18.8 Å². The van der Waals surface area contributed by atoms with Crippen molar-refractivity contribution >= 4 is 7.12 Å². The molecular formula is C14H25BO4.